The second-order valence-electron chi connectivity index (χ2n) is 8.65. The van der Waals surface area contributed by atoms with Gasteiger partial charge in [-0.2, -0.15) is 0 Å². The van der Waals surface area contributed by atoms with Crippen LogP contribution in [-0.4, -0.2) is 40.6 Å². The lowest BCUT2D eigenvalue weighted by Crippen LogP contribution is -2.35. The predicted octanol–water partition coefficient (Wildman–Crippen LogP) is 4.40. The molecule has 0 bridgehead atoms. The molecule has 2 N–H and O–H groups in total. The van der Waals surface area contributed by atoms with E-state index in [0.29, 0.717) is 10.7 Å². The van der Waals surface area contributed by atoms with E-state index in [9.17, 15) is 24.5 Å². The van der Waals surface area contributed by atoms with Gasteiger partial charge in [0.25, 0.3) is 11.6 Å². The molecule has 1 aliphatic carbocycles. The van der Waals surface area contributed by atoms with Crippen LogP contribution in [0.3, 0.4) is 0 Å². The van der Waals surface area contributed by atoms with E-state index in [0.717, 1.165) is 31.2 Å². The van der Waals surface area contributed by atoms with Crippen LogP contribution in [0.1, 0.15) is 41.6 Å². The lowest BCUT2D eigenvalue weighted by atomic mass is 9.81. The molecule has 2 aromatic carbocycles. The fourth-order valence-corrected chi connectivity index (χ4v) is 4.82. The van der Waals surface area contributed by atoms with E-state index in [-0.39, 0.29) is 53.7 Å². The zero-order valence-electron chi connectivity index (χ0n) is 18.7. The number of halogens is 1. The highest BCUT2D eigenvalue weighted by molar-refractivity contribution is 6.31. The lowest BCUT2D eigenvalue weighted by Gasteiger charge is -2.19. The van der Waals surface area contributed by atoms with Crippen molar-refractivity contribution in [2.75, 3.05) is 23.7 Å². The number of hydrogen-bond donors (Lipinski definition) is 2. The summed E-state index contributed by atoms with van der Waals surface area (Å²) in [6.45, 7) is 2.12. The first-order valence-electron chi connectivity index (χ1n) is 11.2. The Morgan fingerprint density at radius 2 is 1.76 bits per heavy atom. The first-order valence-corrected chi connectivity index (χ1v) is 11.6. The minimum atomic E-state index is -0.579. The Hall–Kier alpha value is -3.46. The minimum Gasteiger partial charge on any atom is -0.378 e. The van der Waals surface area contributed by atoms with Crippen LogP contribution in [0.4, 0.5) is 17.1 Å². The first kappa shape index (κ1) is 23.7. The van der Waals surface area contributed by atoms with Crippen LogP contribution in [0.2, 0.25) is 5.02 Å². The summed E-state index contributed by atoms with van der Waals surface area (Å²) in [7, 11) is 0. The highest BCUT2D eigenvalue weighted by Gasteiger charge is 2.47. The average Bonchev–Trinajstić information content (AvgIpc) is 3.06. The molecule has 2 aliphatic rings. The molecule has 2 atom stereocenters. The van der Waals surface area contributed by atoms with Crippen LogP contribution >= 0.6 is 11.6 Å². The minimum absolute atomic E-state index is 0.116. The molecule has 0 radical (unpaired) electrons. The summed E-state index contributed by atoms with van der Waals surface area (Å²) >= 11 is 5.99. The predicted molar refractivity (Wildman–Crippen MR) is 128 cm³/mol. The van der Waals surface area contributed by atoms with Crippen molar-refractivity contribution < 1.29 is 19.3 Å². The number of nitrogens with one attached hydrogen (secondary N) is 2. The maximum atomic E-state index is 12.7. The fraction of sp³-hybridized carbons (Fsp3) is 0.375. The van der Waals surface area contributed by atoms with Crippen molar-refractivity contribution in [1.82, 2.24) is 4.90 Å². The van der Waals surface area contributed by atoms with E-state index in [1.165, 1.54) is 23.1 Å². The molecule has 34 heavy (non-hydrogen) atoms. The van der Waals surface area contributed by atoms with Gasteiger partial charge in [-0.25, -0.2) is 0 Å². The molecule has 0 spiro atoms. The molecule has 2 aromatic rings. The Morgan fingerprint density at radius 3 is 2.41 bits per heavy atom. The van der Waals surface area contributed by atoms with Gasteiger partial charge in [0.2, 0.25) is 11.8 Å². The van der Waals surface area contributed by atoms with Gasteiger partial charge >= 0.3 is 0 Å². The van der Waals surface area contributed by atoms with Gasteiger partial charge in [-0.05, 0) is 49.6 Å². The lowest BCUT2D eigenvalue weighted by molar-refractivity contribution is -0.384. The number of benzene rings is 2. The topological polar surface area (TPSA) is 122 Å². The number of carbonyl (C=O) groups excluding carboxylic acids is 3. The molecule has 1 heterocycles. The number of amides is 3. The van der Waals surface area contributed by atoms with Gasteiger partial charge in [0.05, 0.1) is 16.8 Å². The van der Waals surface area contributed by atoms with Crippen LogP contribution in [0, 0.1) is 28.9 Å². The average molecular weight is 485 g/mol. The largest absolute Gasteiger partial charge is 0.378 e. The highest BCUT2D eigenvalue weighted by Crippen LogP contribution is 2.38. The molecule has 0 aromatic heterocycles. The number of imide groups is 1. The van der Waals surface area contributed by atoms with Crippen LogP contribution in [0.15, 0.2) is 36.4 Å². The monoisotopic (exact) mass is 484 g/mol. The van der Waals surface area contributed by atoms with Gasteiger partial charge < -0.3 is 10.6 Å². The van der Waals surface area contributed by atoms with E-state index in [2.05, 4.69) is 10.6 Å². The first-order chi connectivity index (χ1) is 16.3. The third-order valence-corrected chi connectivity index (χ3v) is 6.72. The van der Waals surface area contributed by atoms with Gasteiger partial charge in [-0.15, -0.1) is 0 Å². The van der Waals surface area contributed by atoms with Crippen LogP contribution in [-0.2, 0) is 9.59 Å². The number of likely N-dealkylation sites (tertiary alicyclic amines) is 1. The highest BCUT2D eigenvalue weighted by atomic mass is 35.5. The molecular weight excluding hydrogens is 460 g/mol. The number of nitro benzene ring substituents is 1. The zero-order chi connectivity index (χ0) is 24.4. The summed E-state index contributed by atoms with van der Waals surface area (Å²) in [4.78, 5) is 50.2. The molecule has 2 fully saturated rings. The molecule has 4 rings (SSSR count). The number of fused-ring (bicyclic) bond motifs is 1. The second-order valence-corrected chi connectivity index (χ2v) is 9.09. The van der Waals surface area contributed by atoms with E-state index in [1.807, 2.05) is 6.92 Å². The standard InChI is InChI=1S/C24H25ClN4O5/c1-14-6-8-16(25)13-20(14)27-22(30)15-7-9-19(21(12-15)29(33)34)26-10-11-28-23(31)17-4-2-3-5-18(17)24(28)32/h6-9,12-13,17-18,26H,2-5,10-11H2,1H3,(H,27,30). The van der Waals surface area contributed by atoms with Crippen molar-refractivity contribution in [3.63, 3.8) is 0 Å². The van der Waals surface area contributed by atoms with Gasteiger partial charge in [0, 0.05) is 35.4 Å². The van der Waals surface area contributed by atoms with Crippen molar-refractivity contribution in [3.05, 3.63) is 62.7 Å². The fourth-order valence-electron chi connectivity index (χ4n) is 4.65. The van der Waals surface area contributed by atoms with Gasteiger partial charge in [0.15, 0.2) is 0 Å². The second kappa shape index (κ2) is 9.80. The molecule has 9 nitrogen and oxygen atoms in total. The Bertz CT molecular complexity index is 1140. The van der Waals surface area contributed by atoms with E-state index in [1.54, 1.807) is 18.2 Å². The molecule has 1 aliphatic heterocycles. The van der Waals surface area contributed by atoms with Crippen LogP contribution in [0.5, 0.6) is 0 Å². The number of hydrogen-bond acceptors (Lipinski definition) is 6. The molecule has 10 heteroatoms. The third-order valence-electron chi connectivity index (χ3n) is 6.49. The normalized spacial score (nSPS) is 19.6. The number of carbonyl (C=O) groups is 3. The van der Waals surface area contributed by atoms with Gasteiger partial charge in [-0.3, -0.25) is 29.4 Å². The molecule has 1 saturated heterocycles. The Labute approximate surface area is 201 Å². The Morgan fingerprint density at radius 1 is 1.09 bits per heavy atom. The molecule has 1 saturated carbocycles. The maximum absolute atomic E-state index is 12.7. The van der Waals surface area contributed by atoms with E-state index >= 15 is 0 Å². The van der Waals surface area contributed by atoms with Crippen molar-refractivity contribution in [3.8, 4) is 0 Å². The Balaban J connectivity index is 1.43. The van der Waals surface area contributed by atoms with Crippen LogP contribution < -0.4 is 10.6 Å². The summed E-state index contributed by atoms with van der Waals surface area (Å²) in [5.74, 6) is -1.24. The molecule has 2 unspecified atom stereocenters. The quantitative estimate of drug-likeness (QED) is 0.341. The summed E-state index contributed by atoms with van der Waals surface area (Å²) < 4.78 is 0. The smallest absolute Gasteiger partial charge is 0.293 e. The molecule has 3 amide bonds. The van der Waals surface area contributed by atoms with Gasteiger partial charge in [0.1, 0.15) is 5.69 Å². The van der Waals surface area contributed by atoms with Crippen molar-refractivity contribution in [1.29, 1.82) is 0 Å². The summed E-state index contributed by atoms with van der Waals surface area (Å²) in [6.07, 6.45) is 3.39. The zero-order valence-corrected chi connectivity index (χ0v) is 19.4. The van der Waals surface area contributed by atoms with E-state index < -0.39 is 10.8 Å². The van der Waals surface area contributed by atoms with Gasteiger partial charge in [-0.1, -0.05) is 30.5 Å². The van der Waals surface area contributed by atoms with E-state index in [4.69, 9.17) is 11.6 Å². The summed E-state index contributed by atoms with van der Waals surface area (Å²) in [6, 6.07) is 9.19. The van der Waals surface area contributed by atoms with Crippen molar-refractivity contribution >= 4 is 46.4 Å². The summed E-state index contributed by atoms with van der Waals surface area (Å²) in [5, 5.41) is 17.8. The van der Waals surface area contributed by atoms with Crippen molar-refractivity contribution in [2.45, 2.75) is 32.6 Å². The number of rotatable bonds is 7. The third kappa shape index (κ3) is 4.75. The number of aryl methyl sites for hydroxylation is 1. The molecule has 178 valence electrons. The van der Waals surface area contributed by atoms with Crippen LogP contribution in [0.25, 0.3) is 0 Å². The number of anilines is 2. The molecular formula is C24H25ClN4O5. The van der Waals surface area contributed by atoms with Crippen molar-refractivity contribution in [2.24, 2.45) is 11.8 Å². The summed E-state index contributed by atoms with van der Waals surface area (Å²) in [5.41, 5.74) is 1.37. The Kier molecular flexibility index (Phi) is 6.83. The number of nitrogens with zero attached hydrogens (tertiary/aromatic N) is 2. The number of nitro groups is 1. The SMILES string of the molecule is Cc1ccc(Cl)cc1NC(=O)c1ccc(NCCN2C(=O)C3CCCCC3C2=O)c([N+](=O)[O-])c1. The maximum Gasteiger partial charge on any atom is 0.293 e.